The normalized spacial score (nSPS) is 9.14. The molecule has 0 atom stereocenters. The molecular formula is C9H6N2O3. The molecule has 70 valence electrons. The van der Waals surface area contributed by atoms with Crippen LogP contribution in [-0.4, -0.2) is 10.7 Å². The zero-order chi connectivity index (χ0) is 10.7. The number of nitro groups is 1. The highest BCUT2D eigenvalue weighted by Gasteiger charge is 2.11. The molecule has 0 heterocycles. The SMILES string of the molecule is CC(=O)c1cc(C#N)cc([N+](=O)[O-])c1. The molecule has 1 aromatic carbocycles. The summed E-state index contributed by atoms with van der Waals surface area (Å²) in [6, 6.07) is 5.38. The summed E-state index contributed by atoms with van der Waals surface area (Å²) in [4.78, 5) is 20.8. The molecule has 0 radical (unpaired) electrons. The van der Waals surface area contributed by atoms with Gasteiger partial charge in [0.25, 0.3) is 5.69 Å². The topological polar surface area (TPSA) is 84.0 Å². The van der Waals surface area contributed by atoms with E-state index in [0.29, 0.717) is 0 Å². The van der Waals surface area contributed by atoms with Gasteiger partial charge < -0.3 is 0 Å². The smallest absolute Gasteiger partial charge is 0.271 e. The van der Waals surface area contributed by atoms with Gasteiger partial charge in [-0.15, -0.1) is 0 Å². The highest BCUT2D eigenvalue weighted by molar-refractivity contribution is 5.95. The summed E-state index contributed by atoms with van der Waals surface area (Å²) in [5.74, 6) is -0.301. The summed E-state index contributed by atoms with van der Waals surface area (Å²) < 4.78 is 0. The fourth-order valence-electron chi connectivity index (χ4n) is 0.984. The van der Waals surface area contributed by atoms with Crippen LogP contribution < -0.4 is 0 Å². The third-order valence-corrected chi connectivity index (χ3v) is 1.66. The minimum absolute atomic E-state index is 0.115. The first-order valence-electron chi connectivity index (χ1n) is 3.75. The van der Waals surface area contributed by atoms with Gasteiger partial charge in [-0.2, -0.15) is 5.26 Å². The van der Waals surface area contributed by atoms with E-state index in [9.17, 15) is 14.9 Å². The largest absolute Gasteiger partial charge is 0.295 e. The number of benzene rings is 1. The van der Waals surface area contributed by atoms with Crippen molar-refractivity contribution >= 4 is 11.5 Å². The summed E-state index contributed by atoms with van der Waals surface area (Å²) >= 11 is 0. The number of Topliss-reactive ketones (excluding diaryl/α,β-unsaturated/α-hetero) is 1. The number of carbonyl (C=O) groups is 1. The summed E-state index contributed by atoms with van der Waals surface area (Å²) in [5, 5.41) is 19.0. The zero-order valence-electron chi connectivity index (χ0n) is 7.35. The van der Waals surface area contributed by atoms with Gasteiger partial charge in [-0.1, -0.05) is 0 Å². The quantitative estimate of drug-likeness (QED) is 0.403. The van der Waals surface area contributed by atoms with Crippen molar-refractivity contribution in [2.45, 2.75) is 6.92 Å². The van der Waals surface area contributed by atoms with E-state index in [1.807, 2.05) is 0 Å². The van der Waals surface area contributed by atoms with E-state index >= 15 is 0 Å². The first kappa shape index (κ1) is 9.86. The monoisotopic (exact) mass is 190 g/mol. The van der Waals surface area contributed by atoms with Crippen molar-refractivity contribution in [1.82, 2.24) is 0 Å². The van der Waals surface area contributed by atoms with Crippen LogP contribution in [0.5, 0.6) is 0 Å². The molecule has 0 aliphatic carbocycles. The molecule has 14 heavy (non-hydrogen) atoms. The van der Waals surface area contributed by atoms with Gasteiger partial charge in [0, 0.05) is 17.7 Å². The van der Waals surface area contributed by atoms with Crippen LogP contribution in [0.1, 0.15) is 22.8 Å². The van der Waals surface area contributed by atoms with Crippen molar-refractivity contribution in [2.24, 2.45) is 0 Å². The van der Waals surface area contributed by atoms with E-state index in [1.165, 1.54) is 13.0 Å². The van der Waals surface area contributed by atoms with E-state index in [-0.39, 0.29) is 22.6 Å². The standard InChI is InChI=1S/C9H6N2O3/c1-6(12)8-2-7(5-10)3-9(4-8)11(13)14/h2-4H,1H3. The van der Waals surface area contributed by atoms with Gasteiger partial charge in [-0.3, -0.25) is 14.9 Å². The average Bonchev–Trinajstić information content (AvgIpc) is 2.16. The number of non-ortho nitro benzene ring substituents is 1. The van der Waals surface area contributed by atoms with Crippen LogP contribution in [0.15, 0.2) is 18.2 Å². The molecule has 0 N–H and O–H groups in total. The molecular weight excluding hydrogens is 184 g/mol. The second-order valence-corrected chi connectivity index (χ2v) is 2.69. The van der Waals surface area contributed by atoms with E-state index in [1.54, 1.807) is 6.07 Å². The van der Waals surface area contributed by atoms with E-state index < -0.39 is 4.92 Å². The highest BCUT2D eigenvalue weighted by Crippen LogP contribution is 2.16. The van der Waals surface area contributed by atoms with E-state index in [0.717, 1.165) is 12.1 Å². The second kappa shape index (κ2) is 3.66. The molecule has 0 bridgehead atoms. The van der Waals surface area contributed by atoms with Crippen LogP contribution >= 0.6 is 0 Å². The van der Waals surface area contributed by atoms with Crippen molar-refractivity contribution in [1.29, 1.82) is 5.26 Å². The molecule has 0 amide bonds. The van der Waals surface area contributed by atoms with Crippen molar-refractivity contribution < 1.29 is 9.72 Å². The summed E-state index contributed by atoms with van der Waals surface area (Å²) in [6.45, 7) is 1.29. The first-order chi connectivity index (χ1) is 6.54. The fourth-order valence-corrected chi connectivity index (χ4v) is 0.984. The van der Waals surface area contributed by atoms with Gasteiger partial charge >= 0.3 is 0 Å². The molecule has 0 unspecified atom stereocenters. The van der Waals surface area contributed by atoms with Gasteiger partial charge in [0.1, 0.15) is 0 Å². The maximum absolute atomic E-state index is 11.0. The van der Waals surface area contributed by atoms with Crippen LogP contribution in [0.3, 0.4) is 0 Å². The van der Waals surface area contributed by atoms with Gasteiger partial charge in [0.2, 0.25) is 0 Å². The van der Waals surface area contributed by atoms with Crippen LogP contribution in [0, 0.1) is 21.4 Å². The number of ketones is 1. The maximum atomic E-state index is 11.0. The minimum Gasteiger partial charge on any atom is -0.295 e. The molecule has 1 aromatic rings. The molecule has 0 saturated heterocycles. The first-order valence-corrected chi connectivity index (χ1v) is 3.75. The van der Waals surface area contributed by atoms with E-state index in [4.69, 9.17) is 5.26 Å². The number of rotatable bonds is 2. The molecule has 5 nitrogen and oxygen atoms in total. The summed E-state index contributed by atoms with van der Waals surface area (Å²) in [6.07, 6.45) is 0. The number of nitrogens with zero attached hydrogens (tertiary/aromatic N) is 2. The van der Waals surface area contributed by atoms with Crippen LogP contribution in [0.4, 0.5) is 5.69 Å². The number of hydrogen-bond donors (Lipinski definition) is 0. The molecule has 1 rings (SSSR count). The van der Waals surface area contributed by atoms with Crippen LogP contribution in [0.2, 0.25) is 0 Å². The Hall–Kier alpha value is -2.22. The fraction of sp³-hybridized carbons (Fsp3) is 0.111. The van der Waals surface area contributed by atoms with Crippen molar-refractivity contribution in [3.63, 3.8) is 0 Å². The zero-order valence-corrected chi connectivity index (χ0v) is 7.35. The average molecular weight is 190 g/mol. The lowest BCUT2D eigenvalue weighted by molar-refractivity contribution is -0.384. The third kappa shape index (κ3) is 1.93. The molecule has 0 aromatic heterocycles. The molecule has 5 heteroatoms. The second-order valence-electron chi connectivity index (χ2n) is 2.69. The Labute approximate surface area is 79.7 Å². The number of hydrogen-bond acceptors (Lipinski definition) is 4. The Bertz CT molecular complexity index is 414. The molecule has 0 fully saturated rings. The lowest BCUT2D eigenvalue weighted by Gasteiger charge is -1.96. The van der Waals surface area contributed by atoms with Gasteiger partial charge in [0.15, 0.2) is 5.78 Å². The van der Waals surface area contributed by atoms with Crippen molar-refractivity contribution in [3.05, 3.63) is 39.4 Å². The Morgan fingerprint density at radius 3 is 2.57 bits per heavy atom. The summed E-state index contributed by atoms with van der Waals surface area (Å²) in [7, 11) is 0. The number of nitro benzene ring substituents is 1. The Balaban J connectivity index is 3.36. The van der Waals surface area contributed by atoms with Crippen LogP contribution in [-0.2, 0) is 0 Å². The van der Waals surface area contributed by atoms with Gasteiger partial charge in [-0.05, 0) is 13.0 Å². The predicted molar refractivity (Wildman–Crippen MR) is 47.8 cm³/mol. The molecule has 0 aliphatic heterocycles. The van der Waals surface area contributed by atoms with E-state index in [2.05, 4.69) is 0 Å². The minimum atomic E-state index is -0.632. The number of nitriles is 1. The predicted octanol–water partition coefficient (Wildman–Crippen LogP) is 1.67. The Morgan fingerprint density at radius 2 is 2.14 bits per heavy atom. The van der Waals surface area contributed by atoms with Crippen molar-refractivity contribution in [2.75, 3.05) is 0 Å². The molecule has 0 saturated carbocycles. The Kier molecular flexibility index (Phi) is 2.58. The lowest BCUT2D eigenvalue weighted by atomic mass is 10.1. The van der Waals surface area contributed by atoms with Crippen molar-refractivity contribution in [3.8, 4) is 6.07 Å². The maximum Gasteiger partial charge on any atom is 0.271 e. The third-order valence-electron chi connectivity index (χ3n) is 1.66. The lowest BCUT2D eigenvalue weighted by Crippen LogP contribution is -1.96. The molecule has 0 aliphatic rings. The number of carbonyl (C=O) groups excluding carboxylic acids is 1. The van der Waals surface area contributed by atoms with Crippen LogP contribution in [0.25, 0.3) is 0 Å². The highest BCUT2D eigenvalue weighted by atomic mass is 16.6. The summed E-state index contributed by atoms with van der Waals surface area (Å²) in [5.41, 5.74) is 0.0504. The Morgan fingerprint density at radius 1 is 1.50 bits per heavy atom. The molecule has 0 spiro atoms. The van der Waals surface area contributed by atoms with Gasteiger partial charge in [0.05, 0.1) is 16.6 Å². The van der Waals surface area contributed by atoms with Gasteiger partial charge in [-0.25, -0.2) is 0 Å².